The smallest absolute Gasteiger partial charge is 0.308 e. The molecule has 25 heavy (non-hydrogen) atoms. The first-order chi connectivity index (χ1) is 11.3. The topological polar surface area (TPSA) is 149 Å². The lowest BCUT2D eigenvalue weighted by atomic mass is 9.41. The van der Waals surface area contributed by atoms with Gasteiger partial charge in [0.15, 0.2) is 0 Å². The van der Waals surface area contributed by atoms with Crippen molar-refractivity contribution in [2.24, 2.45) is 40.4 Å². The minimum atomic E-state index is -1.63. The van der Waals surface area contributed by atoms with Gasteiger partial charge in [-0.25, -0.2) is 0 Å². The summed E-state index contributed by atoms with van der Waals surface area (Å²) in [6.07, 6.45) is 1.50. The van der Waals surface area contributed by atoms with Crippen molar-refractivity contribution in [1.82, 2.24) is 0 Å². The molecule has 0 aromatic heterocycles. The van der Waals surface area contributed by atoms with Gasteiger partial charge < -0.3 is 20.4 Å². The average Bonchev–Trinajstić information content (AvgIpc) is 2.42. The Balaban J connectivity index is 2.89. The molecule has 3 aliphatic rings. The number of carbonyl (C=O) groups is 4. The SMILES string of the molecule is CC(C)(C)C1=CC2C(C(=O)O)C(C(=O)O)C1(C)C(C(=O)O)C2C(=O)O. The molecule has 1 fully saturated rings. The van der Waals surface area contributed by atoms with Gasteiger partial charge in [-0.05, 0) is 5.41 Å². The Morgan fingerprint density at radius 3 is 1.44 bits per heavy atom. The molecule has 4 atom stereocenters. The average molecular weight is 354 g/mol. The number of hydrogen-bond acceptors (Lipinski definition) is 4. The zero-order valence-corrected chi connectivity index (χ0v) is 14.4. The third-order valence-corrected chi connectivity index (χ3v) is 5.69. The zero-order chi connectivity index (χ0) is 19.5. The third kappa shape index (κ3) is 2.51. The van der Waals surface area contributed by atoms with E-state index in [-0.39, 0.29) is 0 Å². The van der Waals surface area contributed by atoms with Gasteiger partial charge in [0, 0.05) is 11.3 Å². The van der Waals surface area contributed by atoms with Crippen LogP contribution in [0.2, 0.25) is 0 Å². The summed E-state index contributed by atoms with van der Waals surface area (Å²) in [6, 6.07) is 0. The molecule has 4 N–H and O–H groups in total. The Hall–Kier alpha value is -2.38. The number of hydrogen-bond donors (Lipinski definition) is 4. The van der Waals surface area contributed by atoms with Crippen LogP contribution in [0.1, 0.15) is 27.7 Å². The Labute approximate surface area is 144 Å². The summed E-state index contributed by atoms with van der Waals surface area (Å²) in [5.74, 6) is -12.9. The van der Waals surface area contributed by atoms with Crippen LogP contribution in [0.3, 0.4) is 0 Å². The monoisotopic (exact) mass is 354 g/mol. The normalized spacial score (nSPS) is 37.3. The summed E-state index contributed by atoms with van der Waals surface area (Å²) in [6.45, 7) is 6.69. The van der Waals surface area contributed by atoms with Gasteiger partial charge in [-0.1, -0.05) is 39.3 Å². The first-order valence-electron chi connectivity index (χ1n) is 7.90. The van der Waals surface area contributed by atoms with E-state index in [2.05, 4.69) is 0 Å². The summed E-state index contributed by atoms with van der Waals surface area (Å²) < 4.78 is 0. The highest BCUT2D eigenvalue weighted by Gasteiger charge is 2.70. The van der Waals surface area contributed by atoms with Gasteiger partial charge in [-0.3, -0.25) is 19.2 Å². The molecule has 8 heteroatoms. The van der Waals surface area contributed by atoms with Crippen LogP contribution in [0.25, 0.3) is 0 Å². The number of aliphatic carboxylic acids is 4. The predicted octanol–water partition coefficient (Wildman–Crippen LogP) is 1.41. The van der Waals surface area contributed by atoms with Gasteiger partial charge in [0.2, 0.25) is 0 Å². The van der Waals surface area contributed by atoms with Crippen LogP contribution in [-0.2, 0) is 19.2 Å². The molecule has 1 saturated carbocycles. The van der Waals surface area contributed by atoms with E-state index in [0.717, 1.165) is 0 Å². The number of fused-ring (bicyclic) bond motifs is 2. The van der Waals surface area contributed by atoms with Crippen LogP contribution in [0.5, 0.6) is 0 Å². The highest BCUT2D eigenvalue weighted by molar-refractivity contribution is 5.90. The fourth-order valence-corrected chi connectivity index (χ4v) is 5.01. The minimum absolute atomic E-state index is 0.486. The molecule has 0 saturated heterocycles. The lowest BCUT2D eigenvalue weighted by Crippen LogP contribution is -2.65. The fourth-order valence-electron chi connectivity index (χ4n) is 5.01. The van der Waals surface area contributed by atoms with Gasteiger partial charge >= 0.3 is 23.9 Å². The molecular formula is C17H22O8. The molecule has 8 nitrogen and oxygen atoms in total. The van der Waals surface area contributed by atoms with Gasteiger partial charge in [-0.15, -0.1) is 0 Å². The Morgan fingerprint density at radius 1 is 0.840 bits per heavy atom. The largest absolute Gasteiger partial charge is 0.481 e. The molecule has 0 amide bonds. The van der Waals surface area contributed by atoms with Crippen LogP contribution in [0.15, 0.2) is 11.6 Å². The second kappa shape index (κ2) is 5.57. The number of allylic oxidation sites excluding steroid dienone is 2. The molecule has 138 valence electrons. The van der Waals surface area contributed by atoms with Crippen molar-refractivity contribution >= 4 is 23.9 Å². The maximum atomic E-state index is 12.0. The second-order valence-electron chi connectivity index (χ2n) is 8.05. The third-order valence-electron chi connectivity index (χ3n) is 5.69. The molecule has 0 heterocycles. The first kappa shape index (κ1) is 19.0. The number of carboxylic acids is 4. The molecule has 0 aromatic carbocycles. The van der Waals surface area contributed by atoms with E-state index in [9.17, 15) is 39.6 Å². The maximum Gasteiger partial charge on any atom is 0.308 e. The van der Waals surface area contributed by atoms with Crippen LogP contribution >= 0.6 is 0 Å². The summed E-state index contributed by atoms with van der Waals surface area (Å²) in [7, 11) is 0. The van der Waals surface area contributed by atoms with Crippen molar-refractivity contribution in [3.8, 4) is 0 Å². The van der Waals surface area contributed by atoms with Crippen molar-refractivity contribution in [2.45, 2.75) is 27.7 Å². The number of carboxylic acid groups (broad SMARTS) is 4. The van der Waals surface area contributed by atoms with Gasteiger partial charge in [0.25, 0.3) is 0 Å². The van der Waals surface area contributed by atoms with E-state index in [0.29, 0.717) is 5.57 Å². The predicted molar refractivity (Wildman–Crippen MR) is 83.6 cm³/mol. The Morgan fingerprint density at radius 2 is 1.20 bits per heavy atom. The van der Waals surface area contributed by atoms with Crippen LogP contribution in [0, 0.1) is 40.4 Å². The van der Waals surface area contributed by atoms with E-state index in [1.54, 1.807) is 20.8 Å². The van der Waals surface area contributed by atoms with E-state index in [4.69, 9.17) is 0 Å². The zero-order valence-electron chi connectivity index (χ0n) is 14.4. The fraction of sp³-hybridized carbons (Fsp3) is 0.647. The summed E-state index contributed by atoms with van der Waals surface area (Å²) >= 11 is 0. The summed E-state index contributed by atoms with van der Waals surface area (Å²) in [5, 5.41) is 38.6. The molecule has 0 spiro atoms. The Bertz CT molecular complexity index is 643. The van der Waals surface area contributed by atoms with E-state index < -0.39 is 64.3 Å². The number of rotatable bonds is 4. The van der Waals surface area contributed by atoms with Crippen LogP contribution < -0.4 is 0 Å². The lowest BCUT2D eigenvalue weighted by molar-refractivity contribution is -0.189. The van der Waals surface area contributed by atoms with Crippen molar-refractivity contribution < 1.29 is 39.6 Å². The van der Waals surface area contributed by atoms with Gasteiger partial charge in [0.1, 0.15) is 0 Å². The molecule has 2 bridgehead atoms. The quantitative estimate of drug-likeness (QED) is 0.554. The van der Waals surface area contributed by atoms with Crippen LogP contribution in [-0.4, -0.2) is 44.3 Å². The molecule has 0 radical (unpaired) electrons. The highest BCUT2D eigenvalue weighted by atomic mass is 16.4. The molecule has 3 rings (SSSR count). The van der Waals surface area contributed by atoms with E-state index in [1.807, 2.05) is 0 Å². The standard InChI is InChI=1S/C17H22O8/c1-16(2,3)7-5-6-8(12(18)19)10(14(22)23)17(7,4)11(15(24)25)9(6)13(20)21/h5-6,8-11H,1-4H3,(H,18,19)(H,20,21)(H,22,23)(H,24,25). The molecule has 0 aromatic rings. The highest BCUT2D eigenvalue weighted by Crippen LogP contribution is 2.65. The van der Waals surface area contributed by atoms with Gasteiger partial charge in [-0.2, -0.15) is 0 Å². The molecule has 4 unspecified atom stereocenters. The minimum Gasteiger partial charge on any atom is -0.481 e. The van der Waals surface area contributed by atoms with Crippen LogP contribution in [0.4, 0.5) is 0 Å². The molecular weight excluding hydrogens is 332 g/mol. The van der Waals surface area contributed by atoms with Crippen molar-refractivity contribution in [3.05, 3.63) is 11.6 Å². The molecule has 3 aliphatic carbocycles. The Kier molecular flexibility index (Phi) is 4.22. The van der Waals surface area contributed by atoms with Crippen molar-refractivity contribution in [3.63, 3.8) is 0 Å². The molecule has 0 aliphatic heterocycles. The van der Waals surface area contributed by atoms with Crippen molar-refractivity contribution in [2.75, 3.05) is 0 Å². The second-order valence-corrected chi connectivity index (χ2v) is 8.05. The summed E-state index contributed by atoms with van der Waals surface area (Å²) in [4.78, 5) is 47.4. The van der Waals surface area contributed by atoms with E-state index >= 15 is 0 Å². The van der Waals surface area contributed by atoms with E-state index in [1.165, 1.54) is 13.0 Å². The summed E-state index contributed by atoms with van der Waals surface area (Å²) in [5.41, 5.74) is -1.78. The maximum absolute atomic E-state index is 12.0. The van der Waals surface area contributed by atoms with Crippen molar-refractivity contribution in [1.29, 1.82) is 0 Å². The lowest BCUT2D eigenvalue weighted by Gasteiger charge is -2.59. The first-order valence-corrected chi connectivity index (χ1v) is 7.90. The van der Waals surface area contributed by atoms with Gasteiger partial charge in [0.05, 0.1) is 23.7 Å².